The van der Waals surface area contributed by atoms with Crippen LogP contribution in [0.25, 0.3) is 0 Å². The summed E-state index contributed by atoms with van der Waals surface area (Å²) in [7, 11) is 0.644. The summed E-state index contributed by atoms with van der Waals surface area (Å²) in [5.74, 6) is 0. The second-order valence-electron chi connectivity index (χ2n) is 0.960. The van der Waals surface area contributed by atoms with Crippen molar-refractivity contribution in [2.75, 3.05) is 5.08 Å². The predicted octanol–water partition coefficient (Wildman–Crippen LogP) is -3.60. The van der Waals surface area contributed by atoms with Gasteiger partial charge in [-0.25, -0.2) is 8.42 Å². The first kappa shape index (κ1) is 12.6. The van der Waals surface area contributed by atoms with Crippen LogP contribution in [0.4, 0.5) is 0 Å². The zero-order chi connectivity index (χ0) is 6.78. The van der Waals surface area contributed by atoms with E-state index >= 15 is 0 Å². The number of hydrogen-bond acceptors (Lipinski definition) is 4. The van der Waals surface area contributed by atoms with Gasteiger partial charge in [-0.2, -0.15) is 0 Å². The summed E-state index contributed by atoms with van der Waals surface area (Å²) in [6.45, 7) is 0. The van der Waals surface area contributed by atoms with Gasteiger partial charge in [0, 0.05) is 10.7 Å². The van der Waals surface area contributed by atoms with E-state index in [1.54, 1.807) is 0 Å². The third kappa shape index (κ3) is 12.2. The minimum atomic E-state index is -3.86. The Hall–Kier alpha value is 0.947. The van der Waals surface area contributed by atoms with Gasteiger partial charge in [-0.15, -0.1) is 0 Å². The minimum absolute atomic E-state index is 0. The third-order valence-corrected chi connectivity index (χ3v) is 2.93. The van der Waals surface area contributed by atoms with Crippen LogP contribution in [-0.4, -0.2) is 22.3 Å². The molecule has 0 saturated carbocycles. The van der Waals surface area contributed by atoms with E-state index in [1.807, 2.05) is 0 Å². The second-order valence-corrected chi connectivity index (χ2v) is 5.00. The maximum absolute atomic E-state index is 9.81. The number of rotatable bonds is 2. The van der Waals surface area contributed by atoms with Gasteiger partial charge in [-0.3, -0.25) is 4.21 Å². The van der Waals surface area contributed by atoms with E-state index in [4.69, 9.17) is 0 Å². The standard InChI is InChI=1S/CH3ClO4S2.Li/c2-8(5,6)1-7(3)4;/h1H2,(H,3,4);/q;+1/p-1. The van der Waals surface area contributed by atoms with E-state index in [0.29, 0.717) is 0 Å². The molecule has 0 amide bonds. The Morgan fingerprint density at radius 3 is 1.89 bits per heavy atom. The summed E-state index contributed by atoms with van der Waals surface area (Å²) in [6, 6.07) is 0. The molecule has 0 spiro atoms. The molecule has 0 N–H and O–H groups in total. The third-order valence-electron chi connectivity index (χ3n) is 0.237. The monoisotopic (exact) mass is 184 g/mol. The summed E-state index contributed by atoms with van der Waals surface area (Å²) in [6.07, 6.45) is 0. The molecule has 0 aliphatic carbocycles. The van der Waals surface area contributed by atoms with Crippen LogP contribution in [-0.2, 0) is 20.1 Å². The van der Waals surface area contributed by atoms with Crippen LogP contribution in [0, 0.1) is 0 Å². The van der Waals surface area contributed by atoms with Crippen molar-refractivity contribution in [3.8, 4) is 0 Å². The van der Waals surface area contributed by atoms with Crippen LogP contribution in [0.3, 0.4) is 0 Å². The summed E-state index contributed by atoms with van der Waals surface area (Å²) in [5.41, 5.74) is 0. The van der Waals surface area contributed by atoms with Gasteiger partial charge in [0.1, 0.15) is 5.08 Å². The smallest absolute Gasteiger partial charge is 0.772 e. The first-order valence-corrected chi connectivity index (χ1v) is 5.12. The van der Waals surface area contributed by atoms with Crippen molar-refractivity contribution in [2.45, 2.75) is 0 Å². The molecular weight excluding hydrogens is 183 g/mol. The van der Waals surface area contributed by atoms with E-state index in [-0.39, 0.29) is 18.9 Å². The molecule has 0 aromatic rings. The second kappa shape index (κ2) is 4.72. The first-order valence-electron chi connectivity index (χ1n) is 1.40. The van der Waals surface area contributed by atoms with Crippen LogP contribution in [0.1, 0.15) is 0 Å². The molecule has 0 aliphatic rings. The van der Waals surface area contributed by atoms with Crippen molar-refractivity contribution in [1.82, 2.24) is 0 Å². The number of halogens is 1. The van der Waals surface area contributed by atoms with Crippen LogP contribution in [0.5, 0.6) is 0 Å². The van der Waals surface area contributed by atoms with Crippen molar-refractivity contribution >= 4 is 30.8 Å². The molecule has 9 heavy (non-hydrogen) atoms. The summed E-state index contributed by atoms with van der Waals surface area (Å²) >= 11 is -2.60. The fourth-order valence-electron chi connectivity index (χ4n) is 0.115. The molecule has 0 radical (unpaired) electrons. The quantitative estimate of drug-likeness (QED) is 0.253. The van der Waals surface area contributed by atoms with E-state index in [9.17, 15) is 17.2 Å². The summed E-state index contributed by atoms with van der Waals surface area (Å²) in [5, 5.41) is -1.02. The average molecular weight is 185 g/mol. The topological polar surface area (TPSA) is 74.3 Å². The van der Waals surface area contributed by atoms with Crippen LogP contribution in [0.2, 0.25) is 0 Å². The minimum Gasteiger partial charge on any atom is -0.772 e. The van der Waals surface area contributed by atoms with E-state index in [1.165, 1.54) is 0 Å². The Balaban J connectivity index is 0. The Bertz CT molecular complexity index is 185. The molecule has 0 aromatic heterocycles. The molecular formula is CH2ClLiO4S2. The maximum atomic E-state index is 9.81. The Kier molecular flexibility index (Phi) is 6.61. The largest absolute Gasteiger partial charge is 1.00 e. The van der Waals surface area contributed by atoms with Gasteiger partial charge >= 0.3 is 18.9 Å². The molecule has 4 nitrogen and oxygen atoms in total. The molecule has 0 aromatic carbocycles. The Morgan fingerprint density at radius 2 is 1.89 bits per heavy atom. The van der Waals surface area contributed by atoms with Gasteiger partial charge in [0.05, 0.1) is 0 Å². The first-order chi connectivity index (χ1) is 3.42. The molecule has 0 fully saturated rings. The van der Waals surface area contributed by atoms with Crippen molar-refractivity contribution in [1.29, 1.82) is 0 Å². The molecule has 0 aliphatic heterocycles. The van der Waals surface area contributed by atoms with E-state index in [2.05, 4.69) is 10.7 Å². The van der Waals surface area contributed by atoms with Gasteiger partial charge in [0.2, 0.25) is 9.05 Å². The summed E-state index contributed by atoms with van der Waals surface area (Å²) in [4.78, 5) is 0. The van der Waals surface area contributed by atoms with Crippen molar-refractivity contribution in [3.05, 3.63) is 0 Å². The van der Waals surface area contributed by atoms with Crippen molar-refractivity contribution in [3.63, 3.8) is 0 Å². The zero-order valence-electron chi connectivity index (χ0n) is 4.53. The molecule has 0 heterocycles. The fraction of sp³-hybridized carbons (Fsp3) is 1.00. The Morgan fingerprint density at radius 1 is 1.56 bits per heavy atom. The average Bonchev–Trinajstić information content (AvgIpc) is 1.21. The van der Waals surface area contributed by atoms with Crippen LogP contribution in [0.15, 0.2) is 0 Å². The zero-order valence-corrected chi connectivity index (χ0v) is 6.92. The van der Waals surface area contributed by atoms with Gasteiger partial charge < -0.3 is 4.55 Å². The predicted molar refractivity (Wildman–Crippen MR) is 28.6 cm³/mol. The summed E-state index contributed by atoms with van der Waals surface area (Å²) < 4.78 is 38.7. The van der Waals surface area contributed by atoms with Gasteiger partial charge in [-0.05, 0) is 11.1 Å². The molecule has 1 atom stereocenters. The van der Waals surface area contributed by atoms with Gasteiger partial charge in [0.15, 0.2) is 0 Å². The van der Waals surface area contributed by atoms with Crippen molar-refractivity contribution in [2.24, 2.45) is 0 Å². The van der Waals surface area contributed by atoms with Gasteiger partial charge in [0.25, 0.3) is 0 Å². The number of hydrogen-bond donors (Lipinski definition) is 0. The Labute approximate surface area is 71.8 Å². The molecule has 50 valence electrons. The normalized spacial score (nSPS) is 14.0. The van der Waals surface area contributed by atoms with Crippen LogP contribution < -0.4 is 18.9 Å². The fourth-order valence-corrected chi connectivity index (χ4v) is 1.69. The molecule has 0 saturated heterocycles. The maximum Gasteiger partial charge on any atom is 1.00 e. The SMILES string of the molecule is O=S([O-])CS(=O)(=O)Cl.[Li+]. The van der Waals surface area contributed by atoms with Crippen molar-refractivity contribution < 1.29 is 36.0 Å². The molecule has 0 rings (SSSR count). The van der Waals surface area contributed by atoms with E-state index in [0.717, 1.165) is 0 Å². The molecule has 1 unspecified atom stereocenters. The molecule has 0 bridgehead atoms. The van der Waals surface area contributed by atoms with Gasteiger partial charge in [-0.1, -0.05) is 0 Å². The molecule has 8 heteroatoms. The van der Waals surface area contributed by atoms with E-state index < -0.39 is 25.2 Å². The van der Waals surface area contributed by atoms with Crippen LogP contribution >= 0.6 is 10.7 Å².